The van der Waals surface area contributed by atoms with Gasteiger partial charge in [-0.25, -0.2) is 4.98 Å². The number of aromatic nitrogens is 1. The standard InChI is InChI=1S/C20H23ClN2O4/c1-25-16-4-2-14(3-5-16)6-9-22-19(24)15-12-18(21)20(23-13-15)27-17-7-10-26-11-8-17/h2-5,12-13,17H,6-11H2,1H3,(H,22,24). The highest BCUT2D eigenvalue weighted by Gasteiger charge is 2.18. The molecule has 0 spiro atoms. The van der Waals surface area contributed by atoms with Gasteiger partial charge in [0, 0.05) is 25.6 Å². The third-order valence-corrected chi connectivity index (χ3v) is 4.65. The van der Waals surface area contributed by atoms with Crippen LogP contribution >= 0.6 is 11.6 Å². The van der Waals surface area contributed by atoms with Gasteiger partial charge in [-0.1, -0.05) is 23.7 Å². The first-order chi connectivity index (χ1) is 13.2. The monoisotopic (exact) mass is 390 g/mol. The van der Waals surface area contributed by atoms with Gasteiger partial charge in [0.2, 0.25) is 5.88 Å². The minimum atomic E-state index is -0.212. The van der Waals surface area contributed by atoms with Crippen LogP contribution in [0.15, 0.2) is 36.5 Å². The van der Waals surface area contributed by atoms with Gasteiger partial charge < -0.3 is 19.5 Å². The Bertz CT molecular complexity index is 761. The number of hydrogen-bond acceptors (Lipinski definition) is 5. The zero-order valence-corrected chi connectivity index (χ0v) is 16.0. The van der Waals surface area contributed by atoms with E-state index in [1.54, 1.807) is 13.2 Å². The highest BCUT2D eigenvalue weighted by Crippen LogP contribution is 2.25. The van der Waals surface area contributed by atoms with Gasteiger partial charge >= 0.3 is 0 Å². The fourth-order valence-electron chi connectivity index (χ4n) is 2.80. The maximum Gasteiger partial charge on any atom is 0.252 e. The molecule has 27 heavy (non-hydrogen) atoms. The maximum absolute atomic E-state index is 12.3. The van der Waals surface area contributed by atoms with Crippen molar-refractivity contribution in [3.8, 4) is 11.6 Å². The topological polar surface area (TPSA) is 69.7 Å². The number of nitrogens with zero attached hydrogens (tertiary/aromatic N) is 1. The summed E-state index contributed by atoms with van der Waals surface area (Å²) in [5, 5.41) is 3.22. The van der Waals surface area contributed by atoms with Crippen LogP contribution in [0, 0.1) is 0 Å². The molecule has 7 heteroatoms. The average Bonchev–Trinajstić information content (AvgIpc) is 2.70. The molecule has 1 N–H and O–H groups in total. The molecule has 1 aromatic carbocycles. The Labute approximate surface area is 163 Å². The lowest BCUT2D eigenvalue weighted by Gasteiger charge is -2.23. The van der Waals surface area contributed by atoms with Gasteiger partial charge in [0.1, 0.15) is 16.9 Å². The number of amides is 1. The number of pyridine rings is 1. The maximum atomic E-state index is 12.3. The van der Waals surface area contributed by atoms with Crippen LogP contribution in [0.25, 0.3) is 0 Å². The average molecular weight is 391 g/mol. The minimum Gasteiger partial charge on any atom is -0.497 e. The number of hydrogen-bond donors (Lipinski definition) is 1. The van der Waals surface area contributed by atoms with Crippen LogP contribution in [0.3, 0.4) is 0 Å². The van der Waals surface area contributed by atoms with Gasteiger partial charge in [0.05, 0.1) is 25.9 Å². The van der Waals surface area contributed by atoms with Crippen LogP contribution in [0.4, 0.5) is 0 Å². The molecule has 6 nitrogen and oxygen atoms in total. The molecule has 144 valence electrons. The SMILES string of the molecule is COc1ccc(CCNC(=O)c2cnc(OC3CCOCC3)c(Cl)c2)cc1. The third-order valence-electron chi connectivity index (χ3n) is 4.37. The van der Waals surface area contributed by atoms with Crippen molar-refractivity contribution >= 4 is 17.5 Å². The number of carbonyl (C=O) groups is 1. The lowest BCUT2D eigenvalue weighted by Crippen LogP contribution is -2.27. The van der Waals surface area contributed by atoms with E-state index in [0.29, 0.717) is 36.2 Å². The van der Waals surface area contributed by atoms with Gasteiger partial charge in [0.25, 0.3) is 5.91 Å². The van der Waals surface area contributed by atoms with E-state index in [1.807, 2.05) is 24.3 Å². The Kier molecular flexibility index (Phi) is 6.90. The predicted octanol–water partition coefficient (Wildman–Crippen LogP) is 3.27. The predicted molar refractivity (Wildman–Crippen MR) is 103 cm³/mol. The smallest absolute Gasteiger partial charge is 0.252 e. The first-order valence-corrected chi connectivity index (χ1v) is 9.34. The molecule has 2 heterocycles. The molecule has 1 saturated heterocycles. The summed E-state index contributed by atoms with van der Waals surface area (Å²) >= 11 is 6.24. The van der Waals surface area contributed by atoms with Crippen LogP contribution in [-0.2, 0) is 11.2 Å². The van der Waals surface area contributed by atoms with Gasteiger partial charge in [-0.3, -0.25) is 4.79 Å². The Morgan fingerprint density at radius 2 is 2.04 bits per heavy atom. The van der Waals surface area contributed by atoms with Crippen LogP contribution in [0.5, 0.6) is 11.6 Å². The molecule has 1 aliphatic heterocycles. The summed E-state index contributed by atoms with van der Waals surface area (Å²) in [6, 6.07) is 9.35. The molecule has 0 radical (unpaired) electrons. The van der Waals surface area contributed by atoms with Gasteiger partial charge in [-0.2, -0.15) is 0 Å². The highest BCUT2D eigenvalue weighted by atomic mass is 35.5. The van der Waals surface area contributed by atoms with Crippen molar-refractivity contribution in [1.82, 2.24) is 10.3 Å². The second-order valence-electron chi connectivity index (χ2n) is 6.29. The summed E-state index contributed by atoms with van der Waals surface area (Å²) < 4.78 is 16.3. The van der Waals surface area contributed by atoms with Crippen molar-refractivity contribution in [2.45, 2.75) is 25.4 Å². The van der Waals surface area contributed by atoms with Crippen LogP contribution < -0.4 is 14.8 Å². The number of carbonyl (C=O) groups excluding carboxylic acids is 1. The quantitative estimate of drug-likeness (QED) is 0.785. The van der Waals surface area contributed by atoms with Crippen molar-refractivity contribution in [3.63, 3.8) is 0 Å². The molecule has 0 unspecified atom stereocenters. The van der Waals surface area contributed by atoms with E-state index in [4.69, 9.17) is 25.8 Å². The summed E-state index contributed by atoms with van der Waals surface area (Å²) in [6.45, 7) is 1.87. The Hall–Kier alpha value is -2.31. The van der Waals surface area contributed by atoms with Crippen molar-refractivity contribution in [1.29, 1.82) is 0 Å². The summed E-state index contributed by atoms with van der Waals surface area (Å²) in [5.74, 6) is 0.959. The van der Waals surface area contributed by atoms with Crippen molar-refractivity contribution in [2.75, 3.05) is 26.9 Å². The number of ether oxygens (including phenoxy) is 3. The second-order valence-corrected chi connectivity index (χ2v) is 6.70. The Morgan fingerprint density at radius 1 is 1.30 bits per heavy atom. The molecule has 2 aromatic rings. The van der Waals surface area contributed by atoms with Crippen LogP contribution in [0.2, 0.25) is 5.02 Å². The molecule has 1 fully saturated rings. The van der Waals surface area contributed by atoms with Crippen molar-refractivity contribution in [2.24, 2.45) is 0 Å². The fraction of sp³-hybridized carbons (Fsp3) is 0.400. The molecule has 1 aromatic heterocycles. The van der Waals surface area contributed by atoms with E-state index in [1.165, 1.54) is 6.20 Å². The Morgan fingerprint density at radius 3 is 2.70 bits per heavy atom. The van der Waals surface area contributed by atoms with Gasteiger partial charge in [0.15, 0.2) is 0 Å². The first-order valence-electron chi connectivity index (χ1n) is 8.97. The minimum absolute atomic E-state index is 0.0490. The molecular weight excluding hydrogens is 368 g/mol. The molecule has 0 aliphatic carbocycles. The third kappa shape index (κ3) is 5.58. The van der Waals surface area contributed by atoms with Crippen molar-refractivity contribution < 1.29 is 19.0 Å². The number of nitrogens with one attached hydrogen (secondary N) is 1. The zero-order valence-electron chi connectivity index (χ0n) is 15.2. The molecule has 3 rings (SSSR count). The molecular formula is C20H23ClN2O4. The zero-order chi connectivity index (χ0) is 19.1. The first kappa shape index (κ1) is 19.5. The largest absolute Gasteiger partial charge is 0.497 e. The fourth-order valence-corrected chi connectivity index (χ4v) is 3.01. The van der Waals surface area contributed by atoms with E-state index in [-0.39, 0.29) is 12.0 Å². The molecule has 0 atom stereocenters. The van der Waals surface area contributed by atoms with Crippen LogP contribution in [-0.4, -0.2) is 43.9 Å². The van der Waals surface area contributed by atoms with E-state index < -0.39 is 0 Å². The van der Waals surface area contributed by atoms with E-state index >= 15 is 0 Å². The summed E-state index contributed by atoms with van der Waals surface area (Å²) in [7, 11) is 1.63. The summed E-state index contributed by atoms with van der Waals surface area (Å²) in [6.07, 6.45) is 3.88. The number of rotatable bonds is 7. The molecule has 0 bridgehead atoms. The second kappa shape index (κ2) is 9.58. The lowest BCUT2D eigenvalue weighted by atomic mass is 10.1. The number of halogens is 1. The van der Waals surface area contributed by atoms with Gasteiger partial charge in [-0.15, -0.1) is 0 Å². The Balaban J connectivity index is 1.50. The molecule has 1 amide bonds. The molecule has 1 aliphatic rings. The highest BCUT2D eigenvalue weighted by molar-refractivity contribution is 6.32. The van der Waals surface area contributed by atoms with Crippen LogP contribution in [0.1, 0.15) is 28.8 Å². The summed E-state index contributed by atoms with van der Waals surface area (Å²) in [4.78, 5) is 16.5. The number of methoxy groups -OCH3 is 1. The van der Waals surface area contributed by atoms with E-state index in [9.17, 15) is 4.79 Å². The van der Waals surface area contributed by atoms with E-state index in [0.717, 1.165) is 30.6 Å². The van der Waals surface area contributed by atoms with Gasteiger partial charge in [-0.05, 0) is 30.2 Å². The van der Waals surface area contributed by atoms with E-state index in [2.05, 4.69) is 10.3 Å². The lowest BCUT2D eigenvalue weighted by molar-refractivity contribution is 0.0238. The number of benzene rings is 1. The van der Waals surface area contributed by atoms with Crippen molar-refractivity contribution in [3.05, 3.63) is 52.7 Å². The summed E-state index contributed by atoms with van der Waals surface area (Å²) in [5.41, 5.74) is 1.53. The molecule has 0 saturated carbocycles. The normalized spacial score (nSPS) is 14.6.